The summed E-state index contributed by atoms with van der Waals surface area (Å²) >= 11 is 0.999. The quantitative estimate of drug-likeness (QED) is 0.721. The topological polar surface area (TPSA) is 71.8 Å². The fourth-order valence-corrected chi connectivity index (χ4v) is 2.09. The summed E-state index contributed by atoms with van der Waals surface area (Å²) in [4.78, 5) is 0.0851. The van der Waals surface area contributed by atoms with Crippen LogP contribution in [0.15, 0.2) is 12.3 Å². The second kappa shape index (κ2) is 3.26. The Morgan fingerprint density at radius 3 is 2.76 bits per heavy atom. The number of aromatic amines is 1. The normalized spacial score (nSPS) is 12.4. The summed E-state index contributed by atoms with van der Waals surface area (Å²) in [6.07, 6.45) is -3.08. The van der Waals surface area contributed by atoms with Gasteiger partial charge in [-0.15, -0.1) is 10.2 Å². The third-order valence-corrected chi connectivity index (χ3v) is 2.91. The summed E-state index contributed by atoms with van der Waals surface area (Å²) in [6.45, 7) is 0. The molecule has 0 bridgehead atoms. The first-order valence-electron chi connectivity index (χ1n) is 4.35. The first-order chi connectivity index (χ1) is 8.05. The lowest BCUT2D eigenvalue weighted by atomic mass is 10.5. The van der Waals surface area contributed by atoms with Crippen LogP contribution in [0.2, 0.25) is 0 Å². The second-order valence-corrected chi connectivity index (χ2v) is 4.05. The summed E-state index contributed by atoms with van der Waals surface area (Å²) in [6, 6.07) is 1.61. The Morgan fingerprint density at radius 2 is 2.12 bits per heavy atom. The van der Waals surface area contributed by atoms with Crippen LogP contribution in [0.25, 0.3) is 15.7 Å². The molecule has 10 heteroatoms. The first-order valence-corrected chi connectivity index (χ1v) is 5.16. The molecule has 0 atom stereocenters. The summed E-state index contributed by atoms with van der Waals surface area (Å²) in [5.41, 5.74) is 0.536. The van der Waals surface area contributed by atoms with E-state index in [9.17, 15) is 13.2 Å². The highest BCUT2D eigenvalue weighted by Crippen LogP contribution is 2.30. The SMILES string of the molecule is FC(F)(F)c1nnc2sc(-c3ccn[nH]3)nn12. The zero-order chi connectivity index (χ0) is 12.0. The van der Waals surface area contributed by atoms with Crippen LogP contribution < -0.4 is 0 Å². The van der Waals surface area contributed by atoms with Crippen molar-refractivity contribution in [3.05, 3.63) is 18.1 Å². The van der Waals surface area contributed by atoms with Crippen LogP contribution in [-0.4, -0.2) is 30.0 Å². The number of halogens is 3. The minimum Gasteiger partial charge on any atom is -0.275 e. The van der Waals surface area contributed by atoms with E-state index < -0.39 is 12.0 Å². The lowest BCUT2D eigenvalue weighted by molar-refractivity contribution is -0.146. The number of fused-ring (bicyclic) bond motifs is 1. The molecule has 3 aromatic rings. The molecular weight excluding hydrogens is 257 g/mol. The van der Waals surface area contributed by atoms with Gasteiger partial charge in [0.05, 0.1) is 5.69 Å². The van der Waals surface area contributed by atoms with Gasteiger partial charge in [-0.2, -0.15) is 27.9 Å². The largest absolute Gasteiger partial charge is 0.453 e. The zero-order valence-corrected chi connectivity index (χ0v) is 8.75. The Morgan fingerprint density at radius 1 is 1.29 bits per heavy atom. The third-order valence-electron chi connectivity index (χ3n) is 1.98. The molecule has 0 saturated carbocycles. The highest BCUT2D eigenvalue weighted by atomic mass is 32.1. The zero-order valence-electron chi connectivity index (χ0n) is 7.93. The molecule has 0 radical (unpaired) electrons. The van der Waals surface area contributed by atoms with Crippen molar-refractivity contribution in [2.75, 3.05) is 0 Å². The average molecular weight is 260 g/mol. The van der Waals surface area contributed by atoms with Crippen molar-refractivity contribution < 1.29 is 13.2 Å². The molecule has 0 aliphatic heterocycles. The Balaban J connectivity index is 2.18. The summed E-state index contributed by atoms with van der Waals surface area (Å²) in [5.74, 6) is -1.13. The fraction of sp³-hybridized carbons (Fsp3) is 0.143. The molecule has 0 aliphatic carbocycles. The third kappa shape index (κ3) is 1.56. The summed E-state index contributed by atoms with van der Waals surface area (Å²) < 4.78 is 38.3. The van der Waals surface area contributed by atoms with Gasteiger partial charge in [0.15, 0.2) is 5.01 Å². The van der Waals surface area contributed by atoms with Gasteiger partial charge in [-0.25, -0.2) is 0 Å². The highest BCUT2D eigenvalue weighted by molar-refractivity contribution is 7.19. The maximum atomic E-state index is 12.5. The Labute approximate surface area is 95.1 Å². The number of hydrogen-bond acceptors (Lipinski definition) is 5. The van der Waals surface area contributed by atoms with Crippen LogP contribution in [-0.2, 0) is 6.18 Å². The van der Waals surface area contributed by atoms with Gasteiger partial charge in [-0.1, -0.05) is 11.3 Å². The molecule has 0 unspecified atom stereocenters. The van der Waals surface area contributed by atoms with Gasteiger partial charge in [0.2, 0.25) is 4.96 Å². The number of alkyl halides is 3. The first kappa shape index (κ1) is 10.2. The van der Waals surface area contributed by atoms with E-state index in [1.54, 1.807) is 6.07 Å². The number of H-pyrrole nitrogens is 1. The van der Waals surface area contributed by atoms with Crippen molar-refractivity contribution in [1.82, 2.24) is 30.0 Å². The van der Waals surface area contributed by atoms with Crippen LogP contribution in [0, 0.1) is 0 Å². The molecule has 0 aromatic carbocycles. The van der Waals surface area contributed by atoms with Gasteiger partial charge in [0, 0.05) is 6.20 Å². The molecule has 88 valence electrons. The molecule has 3 heterocycles. The molecule has 0 spiro atoms. The molecular formula is C7H3F3N6S. The number of nitrogens with zero attached hydrogens (tertiary/aromatic N) is 5. The van der Waals surface area contributed by atoms with Crippen LogP contribution in [0.5, 0.6) is 0 Å². The predicted molar refractivity (Wildman–Crippen MR) is 51.2 cm³/mol. The number of aromatic nitrogens is 6. The van der Waals surface area contributed by atoms with Gasteiger partial charge in [0.25, 0.3) is 5.82 Å². The monoisotopic (exact) mass is 260 g/mol. The van der Waals surface area contributed by atoms with Crippen molar-refractivity contribution in [2.24, 2.45) is 0 Å². The molecule has 3 rings (SSSR count). The maximum Gasteiger partial charge on any atom is 0.453 e. The molecule has 6 nitrogen and oxygen atoms in total. The summed E-state index contributed by atoms with van der Waals surface area (Å²) in [7, 11) is 0. The predicted octanol–water partition coefficient (Wildman–Crippen LogP) is 1.59. The average Bonchev–Trinajstić information content (AvgIpc) is 2.90. The molecule has 0 saturated heterocycles. The smallest absolute Gasteiger partial charge is 0.275 e. The van der Waals surface area contributed by atoms with E-state index in [4.69, 9.17) is 0 Å². The van der Waals surface area contributed by atoms with Gasteiger partial charge in [0.1, 0.15) is 0 Å². The van der Waals surface area contributed by atoms with E-state index in [1.165, 1.54) is 6.20 Å². The van der Waals surface area contributed by atoms with Gasteiger partial charge in [-0.3, -0.25) is 5.10 Å². The molecule has 3 aromatic heterocycles. The van der Waals surface area contributed by atoms with E-state index in [0.29, 0.717) is 15.2 Å². The molecule has 1 N–H and O–H groups in total. The minimum absolute atomic E-state index is 0.0851. The molecule has 0 amide bonds. The lowest BCUT2D eigenvalue weighted by Crippen LogP contribution is -2.11. The van der Waals surface area contributed by atoms with Crippen molar-refractivity contribution in [1.29, 1.82) is 0 Å². The highest BCUT2D eigenvalue weighted by Gasteiger charge is 2.38. The van der Waals surface area contributed by atoms with E-state index in [1.807, 2.05) is 0 Å². The number of hydrogen-bond donors (Lipinski definition) is 1. The van der Waals surface area contributed by atoms with E-state index >= 15 is 0 Å². The van der Waals surface area contributed by atoms with Crippen LogP contribution >= 0.6 is 11.3 Å². The van der Waals surface area contributed by atoms with Crippen molar-refractivity contribution in [2.45, 2.75) is 6.18 Å². The van der Waals surface area contributed by atoms with Gasteiger partial charge in [-0.05, 0) is 6.07 Å². The fourth-order valence-electron chi connectivity index (χ4n) is 1.28. The Kier molecular flexibility index (Phi) is 1.96. The van der Waals surface area contributed by atoms with Crippen molar-refractivity contribution in [3.63, 3.8) is 0 Å². The molecule has 0 fully saturated rings. The Bertz CT molecular complexity index is 651. The Hall–Kier alpha value is -1.97. The second-order valence-electron chi connectivity index (χ2n) is 3.09. The number of nitrogens with one attached hydrogen (secondary N) is 1. The van der Waals surface area contributed by atoms with E-state index in [2.05, 4.69) is 25.5 Å². The van der Waals surface area contributed by atoms with E-state index in [-0.39, 0.29) is 4.96 Å². The van der Waals surface area contributed by atoms with Crippen LogP contribution in [0.4, 0.5) is 13.2 Å². The number of rotatable bonds is 1. The summed E-state index contributed by atoms with van der Waals surface area (Å²) in [5, 5.41) is 17.0. The van der Waals surface area contributed by atoms with Crippen LogP contribution in [0.3, 0.4) is 0 Å². The van der Waals surface area contributed by atoms with E-state index in [0.717, 1.165) is 11.3 Å². The standard InChI is InChI=1S/C7H3F3N6S/c8-7(9,10)5-13-14-6-16(5)15-4(17-6)3-1-2-11-12-3/h1-2H,(H,11,12). The molecule has 0 aliphatic rings. The lowest BCUT2D eigenvalue weighted by Gasteiger charge is -1.99. The van der Waals surface area contributed by atoms with Crippen LogP contribution in [0.1, 0.15) is 5.82 Å². The maximum absolute atomic E-state index is 12.5. The van der Waals surface area contributed by atoms with Crippen molar-refractivity contribution >= 4 is 16.3 Å². The minimum atomic E-state index is -4.57. The molecule has 17 heavy (non-hydrogen) atoms. The van der Waals surface area contributed by atoms with Crippen molar-refractivity contribution in [3.8, 4) is 10.7 Å². The van der Waals surface area contributed by atoms with Gasteiger partial charge < -0.3 is 0 Å². The van der Waals surface area contributed by atoms with Gasteiger partial charge >= 0.3 is 6.18 Å².